The van der Waals surface area contributed by atoms with Crippen LogP contribution in [0.3, 0.4) is 0 Å². The van der Waals surface area contributed by atoms with Gasteiger partial charge in [0.15, 0.2) is 5.69 Å². The minimum Gasteiger partial charge on any atom is -0.431 e. The number of anilines is 2. The molecule has 0 radical (unpaired) electrons. The second kappa shape index (κ2) is 10.7. The quantitative estimate of drug-likeness (QED) is 0.553. The first kappa shape index (κ1) is 24.6. The highest BCUT2D eigenvalue weighted by Gasteiger charge is 2.28. The lowest BCUT2D eigenvalue weighted by molar-refractivity contribution is 0.0974. The van der Waals surface area contributed by atoms with Crippen LogP contribution < -0.4 is 10.0 Å². The molecular weight excluding hydrogens is 450 g/mol. The predicted molar refractivity (Wildman–Crippen MR) is 127 cm³/mol. The van der Waals surface area contributed by atoms with E-state index in [2.05, 4.69) is 32.3 Å². The molecule has 0 bridgehead atoms. The number of rotatable bonds is 8. The first-order valence-electron chi connectivity index (χ1n) is 10.7. The topological polar surface area (TPSA) is 108 Å². The first-order valence-corrected chi connectivity index (χ1v) is 13.1. The van der Waals surface area contributed by atoms with Crippen LogP contribution in [0, 0.1) is 20.8 Å². The zero-order chi connectivity index (χ0) is 23.3. The van der Waals surface area contributed by atoms with Gasteiger partial charge in [0.2, 0.25) is 0 Å². The van der Waals surface area contributed by atoms with E-state index in [4.69, 9.17) is 4.42 Å². The number of carbonyl (C=O) groups excluding carboxylic acids is 1. The van der Waals surface area contributed by atoms with Gasteiger partial charge in [0.1, 0.15) is 6.26 Å². The molecule has 0 atom stereocenters. The van der Waals surface area contributed by atoms with Crippen molar-refractivity contribution in [2.24, 2.45) is 0 Å². The molecule has 0 unspecified atom stereocenters. The minimum atomic E-state index is -3.97. The van der Waals surface area contributed by atoms with Gasteiger partial charge in [-0.3, -0.25) is 4.79 Å². The number of oxazole rings is 1. The SMILES string of the molecule is CCCSN1CCCN(S(=O)(=O)NC(=O)c2coc(Nc3cc(C)cc(C)c3C)n2)CC1. The summed E-state index contributed by atoms with van der Waals surface area (Å²) in [6.45, 7) is 10.2. The molecular formula is C21H31N5O4S2. The summed E-state index contributed by atoms with van der Waals surface area (Å²) in [6, 6.07) is 4.15. The van der Waals surface area contributed by atoms with E-state index < -0.39 is 16.1 Å². The normalized spacial score (nSPS) is 16.0. The molecule has 1 amide bonds. The maximum Gasteiger partial charge on any atom is 0.304 e. The summed E-state index contributed by atoms with van der Waals surface area (Å²) < 4.78 is 36.5. The Bertz CT molecular complexity index is 1050. The van der Waals surface area contributed by atoms with E-state index in [9.17, 15) is 13.2 Å². The zero-order valence-corrected chi connectivity index (χ0v) is 20.6. The van der Waals surface area contributed by atoms with E-state index in [0.29, 0.717) is 26.1 Å². The molecule has 0 spiro atoms. The molecule has 9 nitrogen and oxygen atoms in total. The lowest BCUT2D eigenvalue weighted by Crippen LogP contribution is -2.45. The standard InChI is InChI=1S/C21H31N5O4S2/c1-5-11-31-25-7-6-8-26(10-9-25)32(28,29)24-20(27)19-14-30-21(23-19)22-18-13-15(2)12-16(3)17(18)4/h12-14H,5-11H2,1-4H3,(H,22,23)(H,24,27). The molecule has 1 aromatic heterocycles. The van der Waals surface area contributed by atoms with Gasteiger partial charge in [-0.1, -0.05) is 24.9 Å². The van der Waals surface area contributed by atoms with E-state index >= 15 is 0 Å². The van der Waals surface area contributed by atoms with Crippen LogP contribution in [0.4, 0.5) is 11.7 Å². The van der Waals surface area contributed by atoms with Gasteiger partial charge in [-0.15, -0.1) is 0 Å². The molecule has 1 aliphatic rings. The highest BCUT2D eigenvalue weighted by atomic mass is 32.2. The predicted octanol–water partition coefficient (Wildman–Crippen LogP) is 3.38. The molecule has 1 aliphatic heterocycles. The van der Waals surface area contributed by atoms with Gasteiger partial charge < -0.3 is 9.73 Å². The van der Waals surface area contributed by atoms with Crippen LogP contribution in [0.5, 0.6) is 0 Å². The summed E-state index contributed by atoms with van der Waals surface area (Å²) in [5.41, 5.74) is 3.95. The average Bonchev–Trinajstić information content (AvgIpc) is 3.06. The molecule has 11 heteroatoms. The Morgan fingerprint density at radius 1 is 1.19 bits per heavy atom. The van der Waals surface area contributed by atoms with Crippen LogP contribution in [-0.4, -0.2) is 59.9 Å². The third kappa shape index (κ3) is 6.25. The molecule has 3 rings (SSSR count). The highest BCUT2D eigenvalue weighted by molar-refractivity contribution is 7.97. The molecule has 176 valence electrons. The number of carbonyl (C=O) groups is 1. The molecule has 32 heavy (non-hydrogen) atoms. The molecule has 1 aromatic carbocycles. The Morgan fingerprint density at radius 3 is 2.72 bits per heavy atom. The molecule has 2 heterocycles. The number of aromatic nitrogens is 1. The van der Waals surface area contributed by atoms with Gasteiger partial charge in [0.05, 0.1) is 0 Å². The van der Waals surface area contributed by atoms with Crippen LogP contribution >= 0.6 is 11.9 Å². The summed E-state index contributed by atoms with van der Waals surface area (Å²) in [5.74, 6) is 0.189. The maximum atomic E-state index is 12.8. The molecule has 0 aliphatic carbocycles. The fourth-order valence-electron chi connectivity index (χ4n) is 3.41. The summed E-state index contributed by atoms with van der Waals surface area (Å²) in [6.07, 6.45) is 2.92. The molecule has 2 aromatic rings. The van der Waals surface area contributed by atoms with E-state index in [1.54, 1.807) is 11.9 Å². The number of nitrogens with one attached hydrogen (secondary N) is 2. The van der Waals surface area contributed by atoms with Crippen molar-refractivity contribution in [3.63, 3.8) is 0 Å². The Kier molecular flexibility index (Phi) is 8.21. The summed E-state index contributed by atoms with van der Waals surface area (Å²) in [4.78, 5) is 16.7. The Labute approximate surface area is 194 Å². The van der Waals surface area contributed by atoms with E-state index in [1.165, 1.54) is 4.31 Å². The average molecular weight is 482 g/mol. The third-order valence-corrected chi connectivity index (χ3v) is 8.05. The number of nitrogens with zero attached hydrogens (tertiary/aromatic N) is 3. The lowest BCUT2D eigenvalue weighted by Gasteiger charge is -2.20. The smallest absolute Gasteiger partial charge is 0.304 e. The van der Waals surface area contributed by atoms with Crippen molar-refractivity contribution in [2.45, 2.75) is 40.5 Å². The van der Waals surface area contributed by atoms with Crippen molar-refractivity contribution in [1.29, 1.82) is 0 Å². The summed E-state index contributed by atoms with van der Waals surface area (Å²) in [7, 11) is -3.97. The maximum absolute atomic E-state index is 12.8. The van der Waals surface area contributed by atoms with Crippen molar-refractivity contribution in [3.8, 4) is 0 Å². The van der Waals surface area contributed by atoms with Crippen LogP contribution in [0.25, 0.3) is 0 Å². The van der Waals surface area contributed by atoms with Gasteiger partial charge >= 0.3 is 10.2 Å². The summed E-state index contributed by atoms with van der Waals surface area (Å²) in [5, 5.41) is 3.06. The van der Waals surface area contributed by atoms with Crippen molar-refractivity contribution in [2.75, 3.05) is 37.2 Å². The molecule has 1 fully saturated rings. The van der Waals surface area contributed by atoms with Crippen molar-refractivity contribution in [3.05, 3.63) is 40.8 Å². The van der Waals surface area contributed by atoms with Crippen LogP contribution in [0.2, 0.25) is 0 Å². The Morgan fingerprint density at radius 2 is 1.97 bits per heavy atom. The molecule has 1 saturated heterocycles. The summed E-state index contributed by atoms with van der Waals surface area (Å²) >= 11 is 1.74. The van der Waals surface area contributed by atoms with E-state index in [0.717, 1.165) is 47.4 Å². The van der Waals surface area contributed by atoms with Crippen molar-refractivity contribution >= 4 is 39.8 Å². The largest absolute Gasteiger partial charge is 0.431 e. The van der Waals surface area contributed by atoms with Gasteiger partial charge in [-0.05, 0) is 56.4 Å². The monoisotopic (exact) mass is 481 g/mol. The van der Waals surface area contributed by atoms with Gasteiger partial charge in [-0.2, -0.15) is 17.7 Å². The Balaban J connectivity index is 1.63. The van der Waals surface area contributed by atoms with Crippen LogP contribution in [-0.2, 0) is 10.2 Å². The van der Waals surface area contributed by atoms with Gasteiger partial charge in [-0.25, -0.2) is 9.03 Å². The first-order chi connectivity index (χ1) is 15.2. The number of benzene rings is 1. The number of aryl methyl sites for hydroxylation is 2. The lowest BCUT2D eigenvalue weighted by atomic mass is 10.0. The van der Waals surface area contributed by atoms with Gasteiger partial charge in [0.25, 0.3) is 11.9 Å². The van der Waals surface area contributed by atoms with Gasteiger partial charge in [0, 0.05) is 37.6 Å². The zero-order valence-electron chi connectivity index (χ0n) is 19.0. The molecule has 0 saturated carbocycles. The molecule has 2 N–H and O–H groups in total. The second-order valence-electron chi connectivity index (χ2n) is 7.87. The number of amides is 1. The fraction of sp³-hybridized carbons (Fsp3) is 0.524. The number of hydrogen-bond acceptors (Lipinski definition) is 8. The highest BCUT2D eigenvalue weighted by Crippen LogP contribution is 2.24. The van der Waals surface area contributed by atoms with Crippen molar-refractivity contribution in [1.82, 2.24) is 18.3 Å². The van der Waals surface area contributed by atoms with Crippen LogP contribution in [0.15, 0.2) is 22.8 Å². The third-order valence-electron chi connectivity index (χ3n) is 5.24. The van der Waals surface area contributed by atoms with Crippen LogP contribution in [0.1, 0.15) is 46.9 Å². The van der Waals surface area contributed by atoms with E-state index in [1.807, 2.05) is 26.8 Å². The number of hydrogen-bond donors (Lipinski definition) is 2. The fourth-order valence-corrected chi connectivity index (χ4v) is 5.48. The van der Waals surface area contributed by atoms with E-state index in [-0.39, 0.29) is 11.7 Å². The Hall–Kier alpha value is -2.08. The van der Waals surface area contributed by atoms with Crippen molar-refractivity contribution < 1.29 is 17.6 Å². The second-order valence-corrected chi connectivity index (χ2v) is 10.7. The minimum absolute atomic E-state index is 0.104.